The topological polar surface area (TPSA) is 9.23 Å². The van der Waals surface area contributed by atoms with Gasteiger partial charge in [-0.25, -0.2) is 0 Å². The minimum Gasteiger partial charge on any atom is -0.486 e. The molecule has 4 aromatic rings. The van der Waals surface area contributed by atoms with E-state index in [1.807, 2.05) is 72.8 Å². The van der Waals surface area contributed by atoms with E-state index in [0.717, 1.165) is 14.7 Å². The van der Waals surface area contributed by atoms with E-state index in [9.17, 15) is 26.3 Å². The quantitative estimate of drug-likeness (QED) is 0.183. The molecule has 1 nitrogen and oxygen atoms in total. The van der Waals surface area contributed by atoms with Crippen LogP contribution in [0.25, 0.3) is 0 Å². The van der Waals surface area contributed by atoms with Gasteiger partial charge in [0.2, 0.25) is 0 Å². The molecule has 4 aromatic carbocycles. The van der Waals surface area contributed by atoms with Crippen molar-refractivity contribution < 1.29 is 31.1 Å². The van der Waals surface area contributed by atoms with Gasteiger partial charge in [-0.3, -0.25) is 0 Å². The van der Waals surface area contributed by atoms with Crippen LogP contribution in [0, 0.1) is 0 Å². The lowest BCUT2D eigenvalue weighted by molar-refractivity contribution is -0.143. The van der Waals surface area contributed by atoms with Crippen molar-refractivity contribution in [1.82, 2.24) is 0 Å². The molecule has 0 saturated carbocycles. The molecule has 36 heavy (non-hydrogen) atoms. The van der Waals surface area contributed by atoms with E-state index in [0.29, 0.717) is 17.9 Å². The van der Waals surface area contributed by atoms with Gasteiger partial charge in [0.05, 0.1) is 22.0 Å². The van der Waals surface area contributed by atoms with Gasteiger partial charge in [0, 0.05) is 0 Å². The summed E-state index contributed by atoms with van der Waals surface area (Å²) in [7, 11) is -0.403. The van der Waals surface area contributed by atoms with Crippen LogP contribution >= 0.6 is 0 Å². The van der Waals surface area contributed by atoms with E-state index in [-0.39, 0.29) is 11.6 Å². The fourth-order valence-electron chi connectivity index (χ4n) is 3.66. The fraction of sp³-hybridized carbons (Fsp3) is 0.143. The maximum atomic E-state index is 13.2. The van der Waals surface area contributed by atoms with Gasteiger partial charge >= 0.3 is 12.4 Å². The molecule has 0 aliphatic carbocycles. The van der Waals surface area contributed by atoms with Crippen molar-refractivity contribution in [2.45, 2.75) is 40.1 Å². The zero-order chi connectivity index (χ0) is 25.9. The van der Waals surface area contributed by atoms with Crippen molar-refractivity contribution in [2.24, 2.45) is 0 Å². The van der Waals surface area contributed by atoms with Gasteiger partial charge in [-0.1, -0.05) is 36.4 Å². The van der Waals surface area contributed by atoms with Crippen LogP contribution < -0.4 is 4.74 Å². The highest BCUT2D eigenvalue weighted by Crippen LogP contribution is 2.38. The second-order valence-corrected chi connectivity index (χ2v) is 10.0. The van der Waals surface area contributed by atoms with Gasteiger partial charge in [-0.05, 0) is 79.2 Å². The minimum atomic E-state index is -4.91. The monoisotopic (exact) mass is 519 g/mol. The molecule has 0 aromatic heterocycles. The summed E-state index contributed by atoms with van der Waals surface area (Å²) in [6.07, 6.45) is -10.9. The molecule has 0 heterocycles. The predicted octanol–water partition coefficient (Wildman–Crippen LogP) is 8.96. The van der Waals surface area contributed by atoms with Crippen molar-refractivity contribution in [1.29, 1.82) is 0 Å². The third-order valence-corrected chi connectivity index (χ3v) is 7.64. The maximum absolute atomic E-state index is 13.2. The lowest BCUT2D eigenvalue weighted by Gasteiger charge is -2.19. The Hall–Kier alpha value is -3.39. The third kappa shape index (κ3) is 6.05. The normalized spacial score (nSPS) is 13.0. The number of alkyl halides is 6. The zero-order valence-electron chi connectivity index (χ0n) is 19.0. The first kappa shape index (κ1) is 25.7. The second kappa shape index (κ2) is 10.3. The van der Waals surface area contributed by atoms with Crippen LogP contribution in [0.5, 0.6) is 5.75 Å². The number of halogens is 6. The first-order valence-corrected chi connectivity index (χ1v) is 12.2. The number of hydrogen-bond acceptors (Lipinski definition) is 1. The van der Waals surface area contributed by atoms with Gasteiger partial charge in [-0.15, -0.1) is 0 Å². The van der Waals surface area contributed by atoms with Crippen LogP contribution in [0.3, 0.4) is 0 Å². The van der Waals surface area contributed by atoms with Gasteiger partial charge in [-0.2, -0.15) is 26.3 Å². The summed E-state index contributed by atoms with van der Waals surface area (Å²) in [4.78, 5) is 3.20. The Bertz CT molecular complexity index is 1210. The summed E-state index contributed by atoms with van der Waals surface area (Å²) in [5.41, 5.74) is -2.95. The molecule has 1 unspecified atom stereocenters. The van der Waals surface area contributed by atoms with E-state index >= 15 is 0 Å². The summed E-state index contributed by atoms with van der Waals surface area (Å²) in [5.74, 6) is 0.335. The minimum absolute atomic E-state index is 0.110. The van der Waals surface area contributed by atoms with Crippen molar-refractivity contribution in [3.05, 3.63) is 120 Å². The second-order valence-electron chi connectivity index (χ2n) is 8.00. The molecule has 186 valence electrons. The first-order chi connectivity index (χ1) is 17.0. The molecule has 0 saturated heterocycles. The third-order valence-electron chi connectivity index (χ3n) is 5.41. The molecule has 0 fully saturated rings. The average Bonchev–Trinajstić information content (AvgIpc) is 2.85. The summed E-state index contributed by atoms with van der Waals surface area (Å²) in [6, 6.07) is 28.4. The van der Waals surface area contributed by atoms with Crippen molar-refractivity contribution in [2.75, 3.05) is 0 Å². The molecule has 0 aliphatic rings. The van der Waals surface area contributed by atoms with Gasteiger partial charge < -0.3 is 4.74 Å². The van der Waals surface area contributed by atoms with Crippen LogP contribution in [0.1, 0.15) is 29.7 Å². The van der Waals surface area contributed by atoms with Crippen LogP contribution in [0.2, 0.25) is 0 Å². The van der Waals surface area contributed by atoms with Gasteiger partial charge in [0.15, 0.2) is 14.7 Å². The van der Waals surface area contributed by atoms with Crippen LogP contribution in [0.4, 0.5) is 26.3 Å². The standard InChI is InChI=1S/C28H21F6OS/c1-19(20-16-21(27(29,30)31)18-22(17-20)28(32,33)34)35-23-12-14-26(15-13-23)36(24-8-4-2-5-9-24)25-10-6-3-7-11-25/h2-19H,1H3/q+1. The van der Waals surface area contributed by atoms with E-state index in [1.165, 1.54) is 6.92 Å². The lowest BCUT2D eigenvalue weighted by Crippen LogP contribution is -2.14. The zero-order valence-corrected chi connectivity index (χ0v) is 19.8. The molecule has 0 N–H and O–H groups in total. The van der Waals surface area contributed by atoms with E-state index in [4.69, 9.17) is 4.74 Å². The molecule has 0 spiro atoms. The van der Waals surface area contributed by atoms with Crippen LogP contribution in [-0.2, 0) is 23.2 Å². The molecule has 0 radical (unpaired) electrons. The Kier molecular flexibility index (Phi) is 7.36. The highest BCUT2D eigenvalue weighted by Gasteiger charge is 2.37. The lowest BCUT2D eigenvalue weighted by atomic mass is 10.0. The Labute approximate surface area is 207 Å². The van der Waals surface area contributed by atoms with E-state index in [1.54, 1.807) is 12.1 Å². The molecular formula is C28H21F6OS+. The summed E-state index contributed by atoms with van der Waals surface area (Å²) >= 11 is 0. The van der Waals surface area contributed by atoms with Crippen LogP contribution in [0.15, 0.2) is 118 Å². The molecular weight excluding hydrogens is 498 g/mol. The van der Waals surface area contributed by atoms with Gasteiger partial charge in [0.25, 0.3) is 0 Å². The smallest absolute Gasteiger partial charge is 0.416 e. The number of ether oxygens (including phenoxy) is 1. The van der Waals surface area contributed by atoms with Crippen LogP contribution in [-0.4, -0.2) is 0 Å². The molecule has 0 aliphatic heterocycles. The Morgan fingerprint density at radius 2 is 1.00 bits per heavy atom. The molecule has 8 heteroatoms. The van der Waals surface area contributed by atoms with Gasteiger partial charge in [0.1, 0.15) is 11.9 Å². The summed E-state index contributed by atoms with van der Waals surface area (Å²) < 4.78 is 85.1. The fourth-order valence-corrected chi connectivity index (χ4v) is 5.74. The number of benzene rings is 4. The van der Waals surface area contributed by atoms with E-state index in [2.05, 4.69) is 0 Å². The Balaban J connectivity index is 1.61. The van der Waals surface area contributed by atoms with Crippen molar-refractivity contribution in [3.63, 3.8) is 0 Å². The number of hydrogen-bond donors (Lipinski definition) is 0. The molecule has 0 amide bonds. The SMILES string of the molecule is CC(Oc1ccc([S+](c2ccccc2)c2ccccc2)cc1)c1cc(C(F)(F)F)cc(C(F)(F)F)c1. The Morgan fingerprint density at radius 3 is 1.42 bits per heavy atom. The molecule has 4 rings (SSSR count). The van der Waals surface area contributed by atoms with E-state index < -0.39 is 40.5 Å². The Morgan fingerprint density at radius 1 is 0.583 bits per heavy atom. The molecule has 0 bridgehead atoms. The first-order valence-electron chi connectivity index (χ1n) is 10.9. The predicted molar refractivity (Wildman–Crippen MR) is 127 cm³/mol. The van der Waals surface area contributed by atoms with Crippen molar-refractivity contribution in [3.8, 4) is 5.75 Å². The largest absolute Gasteiger partial charge is 0.486 e. The molecule has 1 atom stereocenters. The highest BCUT2D eigenvalue weighted by molar-refractivity contribution is 7.97. The van der Waals surface area contributed by atoms with Crippen molar-refractivity contribution >= 4 is 10.9 Å². The number of rotatable bonds is 6. The average molecular weight is 520 g/mol. The highest BCUT2D eigenvalue weighted by atomic mass is 32.2. The summed E-state index contributed by atoms with van der Waals surface area (Å²) in [5, 5.41) is 0. The summed E-state index contributed by atoms with van der Waals surface area (Å²) in [6.45, 7) is 1.42. The maximum Gasteiger partial charge on any atom is 0.416 e.